The number of carbonyl (C=O) groups is 1. The highest BCUT2D eigenvalue weighted by molar-refractivity contribution is 5.74. The molecule has 0 radical (unpaired) electrons. The molecule has 0 saturated carbocycles. The standard InChI is InChI=1S/C18H25N3O3/c1-13-11-16(23-3)17(24-4)12-15(13)14(2)20-18(22)19-7-10-21-8-5-6-9-21/h5-6,8-9,11-12,14H,7,10H2,1-4H3,(H2,19,20,22)/t14-/m1/s1. The van der Waals surface area contributed by atoms with Crippen LogP contribution in [0.1, 0.15) is 24.1 Å². The highest BCUT2D eigenvalue weighted by Gasteiger charge is 2.15. The third-order valence-electron chi connectivity index (χ3n) is 3.91. The van der Waals surface area contributed by atoms with Crippen LogP contribution in [0, 0.1) is 6.92 Å². The van der Waals surface area contributed by atoms with E-state index in [9.17, 15) is 4.79 Å². The van der Waals surface area contributed by atoms with Gasteiger partial charge in [-0.2, -0.15) is 0 Å². The maximum atomic E-state index is 12.1. The zero-order chi connectivity index (χ0) is 17.5. The molecular formula is C18H25N3O3. The summed E-state index contributed by atoms with van der Waals surface area (Å²) in [7, 11) is 3.21. The summed E-state index contributed by atoms with van der Waals surface area (Å²) in [6.45, 7) is 5.24. The summed E-state index contributed by atoms with van der Waals surface area (Å²) in [5.74, 6) is 1.34. The van der Waals surface area contributed by atoms with Crippen LogP contribution < -0.4 is 20.1 Å². The van der Waals surface area contributed by atoms with Gasteiger partial charge >= 0.3 is 6.03 Å². The summed E-state index contributed by atoms with van der Waals surface area (Å²) < 4.78 is 12.6. The molecule has 1 aromatic heterocycles. The third-order valence-corrected chi connectivity index (χ3v) is 3.91. The highest BCUT2D eigenvalue weighted by atomic mass is 16.5. The van der Waals surface area contributed by atoms with E-state index < -0.39 is 0 Å². The summed E-state index contributed by atoms with van der Waals surface area (Å²) in [5, 5.41) is 5.82. The lowest BCUT2D eigenvalue weighted by atomic mass is 10.0. The van der Waals surface area contributed by atoms with E-state index in [-0.39, 0.29) is 12.1 Å². The Bertz CT molecular complexity index is 668. The first kappa shape index (κ1) is 17.7. The molecule has 1 heterocycles. The molecule has 0 unspecified atom stereocenters. The van der Waals surface area contributed by atoms with Crippen molar-refractivity contribution in [2.45, 2.75) is 26.4 Å². The fourth-order valence-corrected chi connectivity index (χ4v) is 2.61. The maximum Gasteiger partial charge on any atom is 0.315 e. The molecule has 0 saturated heterocycles. The van der Waals surface area contributed by atoms with Crippen LogP contribution in [0.2, 0.25) is 0 Å². The number of aromatic nitrogens is 1. The quantitative estimate of drug-likeness (QED) is 0.820. The molecule has 2 N–H and O–H groups in total. The van der Waals surface area contributed by atoms with Gasteiger partial charge in [0.2, 0.25) is 0 Å². The van der Waals surface area contributed by atoms with Gasteiger partial charge in [-0.05, 0) is 49.2 Å². The van der Waals surface area contributed by atoms with Crippen LogP contribution >= 0.6 is 0 Å². The molecule has 0 aliphatic rings. The second-order valence-corrected chi connectivity index (χ2v) is 5.61. The minimum absolute atomic E-state index is 0.142. The Labute approximate surface area is 142 Å². The summed E-state index contributed by atoms with van der Waals surface area (Å²) in [4.78, 5) is 12.1. The van der Waals surface area contributed by atoms with Crippen LogP contribution in [0.4, 0.5) is 4.79 Å². The molecule has 2 rings (SSSR count). The molecule has 0 aliphatic carbocycles. The van der Waals surface area contributed by atoms with E-state index >= 15 is 0 Å². The molecule has 0 bridgehead atoms. The summed E-state index contributed by atoms with van der Waals surface area (Å²) in [5.41, 5.74) is 2.03. The third kappa shape index (κ3) is 4.44. The number of urea groups is 1. The monoisotopic (exact) mass is 331 g/mol. The number of hydrogen-bond donors (Lipinski definition) is 2. The van der Waals surface area contributed by atoms with Crippen LogP contribution in [0.5, 0.6) is 11.5 Å². The zero-order valence-electron chi connectivity index (χ0n) is 14.6. The molecule has 1 aromatic carbocycles. The molecule has 0 aliphatic heterocycles. The Kier molecular flexibility index (Phi) is 6.12. The molecule has 24 heavy (non-hydrogen) atoms. The van der Waals surface area contributed by atoms with Crippen LogP contribution in [0.3, 0.4) is 0 Å². The second kappa shape index (κ2) is 8.29. The lowest BCUT2D eigenvalue weighted by Crippen LogP contribution is -2.38. The van der Waals surface area contributed by atoms with Gasteiger partial charge in [0.25, 0.3) is 0 Å². The van der Waals surface area contributed by atoms with Crippen LogP contribution in [-0.4, -0.2) is 31.4 Å². The molecule has 6 heteroatoms. The minimum Gasteiger partial charge on any atom is -0.493 e. The fourth-order valence-electron chi connectivity index (χ4n) is 2.61. The number of ether oxygens (including phenoxy) is 2. The van der Waals surface area contributed by atoms with E-state index in [4.69, 9.17) is 9.47 Å². The van der Waals surface area contributed by atoms with Gasteiger partial charge in [0.05, 0.1) is 20.3 Å². The van der Waals surface area contributed by atoms with E-state index in [0.29, 0.717) is 18.0 Å². The van der Waals surface area contributed by atoms with E-state index in [1.165, 1.54) is 0 Å². The van der Waals surface area contributed by atoms with Gasteiger partial charge in [-0.15, -0.1) is 0 Å². The zero-order valence-corrected chi connectivity index (χ0v) is 14.6. The Balaban J connectivity index is 1.93. The van der Waals surface area contributed by atoms with E-state index in [1.54, 1.807) is 14.2 Å². The van der Waals surface area contributed by atoms with Gasteiger partial charge in [-0.25, -0.2) is 4.79 Å². The average molecular weight is 331 g/mol. The average Bonchev–Trinajstić information content (AvgIpc) is 3.07. The van der Waals surface area contributed by atoms with Gasteiger partial charge < -0.3 is 24.7 Å². The van der Waals surface area contributed by atoms with Crippen LogP contribution in [-0.2, 0) is 6.54 Å². The van der Waals surface area contributed by atoms with Crippen molar-refractivity contribution in [2.24, 2.45) is 0 Å². The molecule has 130 valence electrons. The van der Waals surface area contributed by atoms with Gasteiger partial charge in [0.15, 0.2) is 11.5 Å². The molecule has 6 nitrogen and oxygen atoms in total. The Morgan fingerprint density at radius 1 is 1.17 bits per heavy atom. The topological polar surface area (TPSA) is 64.5 Å². The molecule has 2 amide bonds. The Morgan fingerprint density at radius 3 is 2.42 bits per heavy atom. The number of carbonyl (C=O) groups excluding carboxylic acids is 1. The van der Waals surface area contributed by atoms with Crippen LogP contribution in [0.25, 0.3) is 0 Å². The molecule has 2 aromatic rings. The van der Waals surface area contributed by atoms with Gasteiger partial charge in [0.1, 0.15) is 0 Å². The van der Waals surface area contributed by atoms with E-state index in [2.05, 4.69) is 10.6 Å². The largest absolute Gasteiger partial charge is 0.493 e. The number of benzene rings is 1. The molecule has 0 spiro atoms. The van der Waals surface area contributed by atoms with Gasteiger partial charge in [-0.3, -0.25) is 0 Å². The van der Waals surface area contributed by atoms with Crippen molar-refractivity contribution in [3.05, 3.63) is 47.8 Å². The number of amides is 2. The fraction of sp³-hybridized carbons (Fsp3) is 0.389. The number of methoxy groups -OCH3 is 2. The van der Waals surface area contributed by atoms with Crippen molar-refractivity contribution < 1.29 is 14.3 Å². The first-order valence-corrected chi connectivity index (χ1v) is 7.92. The molecule has 0 fully saturated rings. The second-order valence-electron chi connectivity index (χ2n) is 5.61. The number of hydrogen-bond acceptors (Lipinski definition) is 3. The summed E-state index contributed by atoms with van der Waals surface area (Å²) in [6, 6.07) is 7.40. The lowest BCUT2D eigenvalue weighted by molar-refractivity contribution is 0.237. The van der Waals surface area contributed by atoms with Crippen molar-refractivity contribution in [2.75, 3.05) is 20.8 Å². The molecular weight excluding hydrogens is 306 g/mol. The van der Waals surface area contributed by atoms with E-state index in [0.717, 1.165) is 17.7 Å². The van der Waals surface area contributed by atoms with Crippen molar-refractivity contribution in [1.82, 2.24) is 15.2 Å². The molecule has 1 atom stereocenters. The first-order valence-electron chi connectivity index (χ1n) is 7.92. The highest BCUT2D eigenvalue weighted by Crippen LogP contribution is 2.32. The number of nitrogens with one attached hydrogen (secondary N) is 2. The minimum atomic E-state index is -0.191. The van der Waals surface area contributed by atoms with Crippen LogP contribution in [0.15, 0.2) is 36.7 Å². The summed E-state index contributed by atoms with van der Waals surface area (Å²) in [6.07, 6.45) is 3.93. The number of rotatable bonds is 7. The normalized spacial score (nSPS) is 11.7. The number of nitrogens with zero attached hydrogens (tertiary/aromatic N) is 1. The van der Waals surface area contributed by atoms with Gasteiger partial charge in [0, 0.05) is 25.5 Å². The summed E-state index contributed by atoms with van der Waals surface area (Å²) >= 11 is 0. The van der Waals surface area contributed by atoms with Crippen molar-refractivity contribution >= 4 is 6.03 Å². The predicted octanol–water partition coefficient (Wildman–Crippen LogP) is 2.87. The van der Waals surface area contributed by atoms with Crippen molar-refractivity contribution in [3.63, 3.8) is 0 Å². The maximum absolute atomic E-state index is 12.1. The Hall–Kier alpha value is -2.63. The Morgan fingerprint density at radius 2 is 1.79 bits per heavy atom. The first-order chi connectivity index (χ1) is 11.5. The van der Waals surface area contributed by atoms with E-state index in [1.807, 2.05) is 55.1 Å². The van der Waals surface area contributed by atoms with Crippen molar-refractivity contribution in [1.29, 1.82) is 0 Å². The smallest absolute Gasteiger partial charge is 0.315 e. The lowest BCUT2D eigenvalue weighted by Gasteiger charge is -2.19. The van der Waals surface area contributed by atoms with Crippen molar-refractivity contribution in [3.8, 4) is 11.5 Å². The predicted molar refractivity (Wildman–Crippen MR) is 93.7 cm³/mol. The number of aryl methyl sites for hydroxylation is 1. The van der Waals surface area contributed by atoms with Gasteiger partial charge in [-0.1, -0.05) is 0 Å². The SMILES string of the molecule is COc1cc(C)c([C@@H](C)NC(=O)NCCn2cccc2)cc1OC.